The molecule has 0 aliphatic rings. The van der Waals surface area contributed by atoms with E-state index in [1.54, 1.807) is 62.6 Å². The number of rotatable bonds is 5. The van der Waals surface area contributed by atoms with E-state index in [0.29, 0.717) is 22.4 Å². The van der Waals surface area contributed by atoms with E-state index in [1.165, 1.54) is 11.0 Å². The fraction of sp³-hybridized carbons (Fsp3) is 0.150. The lowest BCUT2D eigenvalue weighted by atomic mass is 10.1. The molecule has 0 aliphatic carbocycles. The van der Waals surface area contributed by atoms with Gasteiger partial charge >= 0.3 is 5.63 Å². The Morgan fingerprint density at radius 2 is 1.78 bits per heavy atom. The Morgan fingerprint density at radius 3 is 2.48 bits per heavy atom. The van der Waals surface area contributed by atoms with Gasteiger partial charge in [0.1, 0.15) is 16.9 Å². The Bertz CT molecular complexity index is 1040. The number of carbonyl (C=O) groups is 2. The average Bonchev–Trinajstić information content (AvgIpc) is 2.66. The Kier molecular flexibility index (Phi) is 5.21. The molecule has 27 heavy (non-hydrogen) atoms. The first-order valence-electron chi connectivity index (χ1n) is 8.21. The highest BCUT2D eigenvalue weighted by Gasteiger charge is 2.14. The molecule has 3 rings (SSSR count). The van der Waals surface area contributed by atoms with Crippen molar-refractivity contribution in [1.29, 1.82) is 0 Å². The van der Waals surface area contributed by atoms with E-state index in [0.717, 1.165) is 0 Å². The highest BCUT2D eigenvalue weighted by molar-refractivity contribution is 6.05. The molecule has 0 bridgehead atoms. The van der Waals surface area contributed by atoms with Crippen molar-refractivity contribution in [2.75, 3.05) is 26.0 Å². The molecule has 0 saturated heterocycles. The van der Waals surface area contributed by atoms with Crippen LogP contribution in [0.25, 0.3) is 11.0 Å². The highest BCUT2D eigenvalue weighted by Crippen LogP contribution is 2.17. The van der Waals surface area contributed by atoms with E-state index in [-0.39, 0.29) is 18.1 Å². The molecule has 0 unspecified atom stereocenters. The fourth-order valence-corrected chi connectivity index (χ4v) is 2.33. The summed E-state index contributed by atoms with van der Waals surface area (Å²) in [7, 11) is 3.29. The number of fused-ring (bicyclic) bond motifs is 1. The van der Waals surface area contributed by atoms with Gasteiger partial charge in [0.05, 0.1) is 0 Å². The van der Waals surface area contributed by atoms with Crippen LogP contribution < -0.4 is 15.7 Å². The molecule has 1 heterocycles. The average molecular weight is 366 g/mol. The van der Waals surface area contributed by atoms with Crippen molar-refractivity contribution >= 4 is 28.5 Å². The van der Waals surface area contributed by atoms with Crippen LogP contribution in [-0.4, -0.2) is 37.4 Å². The second kappa shape index (κ2) is 7.74. The van der Waals surface area contributed by atoms with Gasteiger partial charge in [0.25, 0.3) is 11.8 Å². The molecule has 1 aromatic heterocycles. The normalized spacial score (nSPS) is 10.4. The zero-order valence-electron chi connectivity index (χ0n) is 14.9. The van der Waals surface area contributed by atoms with Crippen molar-refractivity contribution in [2.24, 2.45) is 0 Å². The van der Waals surface area contributed by atoms with Gasteiger partial charge in [-0.1, -0.05) is 18.2 Å². The minimum absolute atomic E-state index is 0.0726. The first kappa shape index (κ1) is 18.2. The predicted octanol–water partition coefficient (Wildman–Crippen LogP) is 2.51. The molecule has 0 aliphatic heterocycles. The van der Waals surface area contributed by atoms with Crippen LogP contribution in [0.3, 0.4) is 0 Å². The summed E-state index contributed by atoms with van der Waals surface area (Å²) in [5, 5.41) is 3.31. The third-order valence-corrected chi connectivity index (χ3v) is 3.86. The summed E-state index contributed by atoms with van der Waals surface area (Å²) in [4.78, 5) is 37.4. The molecule has 138 valence electrons. The fourth-order valence-electron chi connectivity index (χ4n) is 2.33. The van der Waals surface area contributed by atoms with E-state index >= 15 is 0 Å². The maximum Gasteiger partial charge on any atom is 0.349 e. The van der Waals surface area contributed by atoms with Gasteiger partial charge in [-0.25, -0.2) is 4.79 Å². The number of amides is 2. The minimum Gasteiger partial charge on any atom is -0.484 e. The number of hydrogen-bond donors (Lipinski definition) is 1. The van der Waals surface area contributed by atoms with Gasteiger partial charge in [-0.05, 0) is 36.4 Å². The number of nitrogens with one attached hydrogen (secondary N) is 1. The third kappa shape index (κ3) is 4.33. The number of benzene rings is 2. The summed E-state index contributed by atoms with van der Waals surface area (Å²) in [5.74, 6) is -0.227. The van der Waals surface area contributed by atoms with E-state index < -0.39 is 11.5 Å². The Morgan fingerprint density at radius 1 is 1.07 bits per heavy atom. The zero-order chi connectivity index (χ0) is 19.4. The maximum absolute atomic E-state index is 12.4. The smallest absolute Gasteiger partial charge is 0.349 e. The summed E-state index contributed by atoms with van der Waals surface area (Å²) in [6.45, 7) is -0.0726. The lowest BCUT2D eigenvalue weighted by molar-refractivity contribution is -0.130. The van der Waals surface area contributed by atoms with Gasteiger partial charge < -0.3 is 19.4 Å². The first-order valence-corrected chi connectivity index (χ1v) is 8.21. The largest absolute Gasteiger partial charge is 0.484 e. The standard InChI is InChI=1S/C20H18N2O5/c1-22(2)18(23)12-26-15-9-7-14(8-10-15)21-19(24)16-11-13-5-3-4-6-17(13)27-20(16)25/h3-11H,12H2,1-2H3,(H,21,24). The monoisotopic (exact) mass is 366 g/mol. The lowest BCUT2D eigenvalue weighted by Crippen LogP contribution is -2.27. The SMILES string of the molecule is CN(C)C(=O)COc1ccc(NC(=O)c2cc3ccccc3oc2=O)cc1. The number of ether oxygens (including phenoxy) is 1. The molecular weight excluding hydrogens is 348 g/mol. The molecule has 3 aromatic rings. The molecule has 0 radical (unpaired) electrons. The molecule has 0 saturated carbocycles. The number of nitrogens with zero attached hydrogens (tertiary/aromatic N) is 1. The molecule has 2 aromatic carbocycles. The minimum atomic E-state index is -0.701. The summed E-state index contributed by atoms with van der Waals surface area (Å²) in [6, 6.07) is 15.0. The Labute approximate surface area is 155 Å². The topological polar surface area (TPSA) is 88.8 Å². The predicted molar refractivity (Wildman–Crippen MR) is 101 cm³/mol. The van der Waals surface area contributed by atoms with Crippen molar-refractivity contribution in [3.05, 3.63) is 70.6 Å². The number of carbonyl (C=O) groups excluding carboxylic acids is 2. The maximum atomic E-state index is 12.4. The summed E-state index contributed by atoms with van der Waals surface area (Å²) >= 11 is 0. The van der Waals surface area contributed by atoms with Crippen molar-refractivity contribution in [3.8, 4) is 5.75 Å². The number of likely N-dealkylation sites (N-methyl/N-ethyl adjacent to an activating group) is 1. The molecule has 0 atom stereocenters. The van der Waals surface area contributed by atoms with Crippen LogP contribution in [0.15, 0.2) is 63.8 Å². The second-order valence-electron chi connectivity index (χ2n) is 6.04. The van der Waals surface area contributed by atoms with Crippen LogP contribution in [0.1, 0.15) is 10.4 Å². The Balaban J connectivity index is 1.70. The van der Waals surface area contributed by atoms with Crippen molar-refractivity contribution in [2.45, 2.75) is 0 Å². The van der Waals surface area contributed by atoms with Gasteiger partial charge in [0.2, 0.25) is 0 Å². The van der Waals surface area contributed by atoms with Gasteiger partial charge in [0.15, 0.2) is 6.61 Å². The summed E-state index contributed by atoms with van der Waals surface area (Å²) in [5.41, 5.74) is 0.130. The van der Waals surface area contributed by atoms with Gasteiger partial charge in [-0.15, -0.1) is 0 Å². The molecule has 0 fully saturated rings. The number of hydrogen-bond acceptors (Lipinski definition) is 5. The van der Waals surface area contributed by atoms with E-state index in [9.17, 15) is 14.4 Å². The van der Waals surface area contributed by atoms with Crippen LogP contribution in [0.4, 0.5) is 5.69 Å². The van der Waals surface area contributed by atoms with Crippen LogP contribution >= 0.6 is 0 Å². The van der Waals surface area contributed by atoms with Crippen LogP contribution in [0, 0.1) is 0 Å². The molecule has 1 N–H and O–H groups in total. The van der Waals surface area contributed by atoms with Crippen molar-refractivity contribution < 1.29 is 18.7 Å². The molecular formula is C20H18N2O5. The molecule has 2 amide bonds. The summed E-state index contributed by atoms with van der Waals surface area (Å²) < 4.78 is 10.5. The first-order chi connectivity index (χ1) is 12.9. The second-order valence-corrected chi connectivity index (χ2v) is 6.04. The van der Waals surface area contributed by atoms with E-state index in [2.05, 4.69) is 5.32 Å². The number of anilines is 1. The lowest BCUT2D eigenvalue weighted by Gasteiger charge is -2.11. The van der Waals surface area contributed by atoms with Gasteiger partial charge in [-0.3, -0.25) is 9.59 Å². The molecule has 7 heteroatoms. The summed E-state index contributed by atoms with van der Waals surface area (Å²) in [6.07, 6.45) is 0. The van der Waals surface area contributed by atoms with Crippen LogP contribution in [0.2, 0.25) is 0 Å². The van der Waals surface area contributed by atoms with E-state index in [1.807, 2.05) is 0 Å². The molecule has 7 nitrogen and oxygen atoms in total. The Hall–Kier alpha value is -3.61. The van der Waals surface area contributed by atoms with Crippen LogP contribution in [0.5, 0.6) is 5.75 Å². The van der Waals surface area contributed by atoms with Crippen molar-refractivity contribution in [1.82, 2.24) is 4.90 Å². The van der Waals surface area contributed by atoms with Gasteiger partial charge in [-0.2, -0.15) is 0 Å². The highest BCUT2D eigenvalue weighted by atomic mass is 16.5. The quantitative estimate of drug-likeness (QED) is 0.701. The van der Waals surface area contributed by atoms with Crippen LogP contribution in [-0.2, 0) is 4.79 Å². The zero-order valence-corrected chi connectivity index (χ0v) is 14.9. The van der Waals surface area contributed by atoms with Crippen molar-refractivity contribution in [3.63, 3.8) is 0 Å². The van der Waals surface area contributed by atoms with E-state index in [4.69, 9.17) is 9.15 Å². The number of para-hydroxylation sites is 1. The molecule has 0 spiro atoms. The third-order valence-electron chi connectivity index (χ3n) is 3.86. The van der Waals surface area contributed by atoms with Gasteiger partial charge in [0, 0.05) is 25.2 Å².